The number of carbonyl (C=O) groups excluding carboxylic acids is 2. The van der Waals surface area contributed by atoms with E-state index in [1.165, 1.54) is 11.9 Å². The lowest BCUT2D eigenvalue weighted by Gasteiger charge is -2.33. The van der Waals surface area contributed by atoms with E-state index >= 15 is 0 Å². The van der Waals surface area contributed by atoms with E-state index < -0.39 is 16.8 Å². The van der Waals surface area contributed by atoms with E-state index in [1.807, 2.05) is 58.5 Å². The Morgan fingerprint density at radius 1 is 1.05 bits per heavy atom. The van der Waals surface area contributed by atoms with Gasteiger partial charge in [0.25, 0.3) is 0 Å². The summed E-state index contributed by atoms with van der Waals surface area (Å²) in [7, 11) is 0. The summed E-state index contributed by atoms with van der Waals surface area (Å²) in [4.78, 5) is 25.8. The first-order valence-corrected chi connectivity index (χ1v) is 8.75. The first-order chi connectivity index (χ1) is 10.8. The Kier molecular flexibility index (Phi) is 3.18. The van der Waals surface area contributed by atoms with Gasteiger partial charge in [0.05, 0.1) is 0 Å². The zero-order chi connectivity index (χ0) is 15.2. The number of hydrogen-bond acceptors (Lipinski definition) is 5. The lowest BCUT2D eigenvalue weighted by Crippen LogP contribution is -2.39. The van der Waals surface area contributed by atoms with Crippen molar-refractivity contribution in [3.63, 3.8) is 0 Å². The van der Waals surface area contributed by atoms with Crippen molar-refractivity contribution in [2.75, 3.05) is 0 Å². The molecular formula is C16H12N2O2S2. The third-order valence-corrected chi connectivity index (χ3v) is 7.39. The predicted molar refractivity (Wildman–Crippen MR) is 89.2 cm³/mol. The molecule has 0 saturated carbocycles. The summed E-state index contributed by atoms with van der Waals surface area (Å²) in [5.41, 5.74) is 0.532. The van der Waals surface area contributed by atoms with Gasteiger partial charge < -0.3 is 9.59 Å². The van der Waals surface area contributed by atoms with Crippen molar-refractivity contribution in [1.29, 1.82) is 0 Å². The monoisotopic (exact) mass is 328 g/mol. The van der Waals surface area contributed by atoms with E-state index in [0.717, 1.165) is 33.5 Å². The van der Waals surface area contributed by atoms with Crippen molar-refractivity contribution in [2.24, 2.45) is 4.40 Å². The molecule has 0 spiro atoms. The van der Waals surface area contributed by atoms with Gasteiger partial charge in [-0.05, 0) is 24.1 Å². The maximum atomic E-state index is 11.9. The fraction of sp³-hybridized carbons (Fsp3) is 0.0625. The molecule has 0 aromatic heterocycles. The molecule has 110 valence electrons. The van der Waals surface area contributed by atoms with Gasteiger partial charge in [-0.1, -0.05) is 47.7 Å². The first kappa shape index (κ1) is 13.8. The molecule has 0 aliphatic carbocycles. The summed E-state index contributed by atoms with van der Waals surface area (Å²) in [6.07, 6.45) is 3.29. The molecule has 0 radical (unpaired) electrons. The minimum Gasteiger partial charge on any atom is -0.300 e. The summed E-state index contributed by atoms with van der Waals surface area (Å²) in [5.74, 6) is 0. The molecule has 1 unspecified atom stereocenters. The second kappa shape index (κ2) is 5.08. The highest BCUT2D eigenvalue weighted by molar-refractivity contribution is 8.22. The van der Waals surface area contributed by atoms with Gasteiger partial charge in [0.15, 0.2) is 18.1 Å². The van der Waals surface area contributed by atoms with Crippen molar-refractivity contribution in [3.8, 4) is 0 Å². The number of nitrogens with zero attached hydrogens (tertiary/aromatic N) is 2. The molecule has 2 aromatic carbocycles. The number of thiol groups is 1. The Morgan fingerprint density at radius 2 is 1.77 bits per heavy atom. The third-order valence-electron chi connectivity index (χ3n) is 3.81. The fourth-order valence-corrected chi connectivity index (χ4v) is 6.39. The Morgan fingerprint density at radius 3 is 2.59 bits per heavy atom. The largest absolute Gasteiger partial charge is 0.300 e. The maximum Gasteiger partial charge on any atom is 0.179 e. The summed E-state index contributed by atoms with van der Waals surface area (Å²) in [6, 6.07) is 15.5. The molecule has 4 rings (SSSR count). The molecule has 1 atom stereocenters. The fourth-order valence-electron chi connectivity index (χ4n) is 2.69. The van der Waals surface area contributed by atoms with E-state index in [-0.39, 0.29) is 0 Å². The summed E-state index contributed by atoms with van der Waals surface area (Å²) in [5, 5.41) is 0. The Balaban J connectivity index is 1.86. The molecular weight excluding hydrogens is 316 g/mol. The molecule has 2 heterocycles. The number of carbonyl (C=O) groups is 2. The highest BCUT2D eigenvalue weighted by Crippen LogP contribution is 2.60. The van der Waals surface area contributed by atoms with Crippen LogP contribution in [0.5, 0.6) is 0 Å². The van der Waals surface area contributed by atoms with Gasteiger partial charge in [-0.25, -0.2) is 4.40 Å². The average molecular weight is 328 g/mol. The lowest BCUT2D eigenvalue weighted by molar-refractivity contribution is -0.123. The van der Waals surface area contributed by atoms with Crippen LogP contribution in [0.2, 0.25) is 0 Å². The molecule has 2 aliphatic rings. The quantitative estimate of drug-likeness (QED) is 0.407. The van der Waals surface area contributed by atoms with Gasteiger partial charge >= 0.3 is 0 Å². The van der Waals surface area contributed by atoms with Gasteiger partial charge in [0.2, 0.25) is 0 Å². The minimum atomic E-state index is -1.26. The molecule has 0 N–H and O–H groups in total. The number of benzene rings is 2. The van der Waals surface area contributed by atoms with Crippen molar-refractivity contribution < 1.29 is 9.59 Å². The predicted octanol–water partition coefficient (Wildman–Crippen LogP) is 2.93. The number of fused-ring (bicyclic) bond motifs is 2. The van der Waals surface area contributed by atoms with E-state index in [9.17, 15) is 9.59 Å². The van der Waals surface area contributed by atoms with E-state index in [2.05, 4.69) is 4.40 Å². The Hall–Kier alpha value is -1.89. The van der Waals surface area contributed by atoms with E-state index in [1.54, 1.807) is 0 Å². The van der Waals surface area contributed by atoms with Crippen LogP contribution in [0, 0.1) is 0 Å². The minimum absolute atomic E-state index is 0.734. The van der Waals surface area contributed by atoms with Crippen LogP contribution >= 0.6 is 23.2 Å². The normalized spacial score (nSPS) is 23.0. The van der Waals surface area contributed by atoms with Crippen molar-refractivity contribution in [2.45, 2.75) is 15.3 Å². The topological polar surface area (TPSA) is 49.7 Å². The lowest BCUT2D eigenvalue weighted by atomic mass is 9.94. The van der Waals surface area contributed by atoms with Crippen LogP contribution in [0.1, 0.15) is 11.1 Å². The van der Waals surface area contributed by atoms with Crippen LogP contribution in [0.15, 0.2) is 62.7 Å². The van der Waals surface area contributed by atoms with Crippen LogP contribution in [0.4, 0.5) is 0 Å². The zero-order valence-corrected chi connectivity index (χ0v) is 13.1. The van der Waals surface area contributed by atoms with Gasteiger partial charge in [-0.2, -0.15) is 3.71 Å². The molecule has 22 heavy (non-hydrogen) atoms. The summed E-state index contributed by atoms with van der Waals surface area (Å²) >= 11 is 0.334. The van der Waals surface area contributed by atoms with Crippen LogP contribution in [0.25, 0.3) is 0 Å². The van der Waals surface area contributed by atoms with Crippen LogP contribution in [-0.2, 0) is 15.1 Å². The summed E-state index contributed by atoms with van der Waals surface area (Å²) in [6.45, 7) is 0. The van der Waals surface area contributed by atoms with E-state index in [0.29, 0.717) is 0 Å². The highest BCUT2D eigenvalue weighted by atomic mass is 32.3. The SMILES string of the molecule is O=CC1(C=O)c2ccccc2SN1[SH]1N=Cc2ccccc21. The van der Waals surface area contributed by atoms with E-state index in [4.69, 9.17) is 0 Å². The first-order valence-electron chi connectivity index (χ1n) is 6.73. The molecule has 2 aromatic rings. The highest BCUT2D eigenvalue weighted by Gasteiger charge is 2.50. The molecule has 6 heteroatoms. The van der Waals surface area contributed by atoms with Gasteiger partial charge in [-0.3, -0.25) is 0 Å². The Labute approximate surface area is 135 Å². The number of aldehydes is 2. The molecule has 0 bridgehead atoms. The number of rotatable bonds is 3. The maximum absolute atomic E-state index is 11.9. The average Bonchev–Trinajstić information content (AvgIpc) is 3.13. The standard InChI is InChI=1S/C16H12N2O2S2/c19-10-16(11-20)13-6-2-3-7-14(13)21-18(16)22-15-8-4-1-5-12(15)9-17-22/h1-11,22H. The molecule has 4 nitrogen and oxygen atoms in total. The molecule has 0 amide bonds. The molecule has 2 aliphatic heterocycles. The molecule has 0 saturated heterocycles. The van der Waals surface area contributed by atoms with Crippen LogP contribution in [0.3, 0.4) is 0 Å². The van der Waals surface area contributed by atoms with Gasteiger partial charge in [0.1, 0.15) is 0 Å². The van der Waals surface area contributed by atoms with Crippen molar-refractivity contribution in [3.05, 3.63) is 59.7 Å². The van der Waals surface area contributed by atoms with Gasteiger partial charge in [0, 0.05) is 27.1 Å². The second-order valence-corrected chi connectivity index (χ2v) is 7.96. The van der Waals surface area contributed by atoms with Crippen molar-refractivity contribution >= 4 is 42.0 Å². The third kappa shape index (κ3) is 1.75. The number of hydrogen-bond donors (Lipinski definition) is 1. The Bertz CT molecular complexity index is 798. The summed E-state index contributed by atoms with van der Waals surface area (Å²) < 4.78 is 6.44. The molecule has 0 fully saturated rings. The smallest absolute Gasteiger partial charge is 0.179 e. The second-order valence-electron chi connectivity index (χ2n) is 5.01. The van der Waals surface area contributed by atoms with Crippen LogP contribution < -0.4 is 0 Å². The zero-order valence-electron chi connectivity index (χ0n) is 11.4. The van der Waals surface area contributed by atoms with Gasteiger partial charge in [-0.15, -0.1) is 0 Å². The van der Waals surface area contributed by atoms with Crippen LogP contribution in [-0.4, -0.2) is 22.5 Å². The van der Waals surface area contributed by atoms with Crippen molar-refractivity contribution in [1.82, 2.24) is 3.71 Å².